The fourth-order valence-corrected chi connectivity index (χ4v) is 2.81. The van der Waals surface area contributed by atoms with Gasteiger partial charge < -0.3 is 14.6 Å². The molecule has 25 heavy (non-hydrogen) atoms. The summed E-state index contributed by atoms with van der Waals surface area (Å²) in [7, 11) is 0. The predicted octanol–water partition coefficient (Wildman–Crippen LogP) is 4.95. The number of benzene rings is 3. The summed E-state index contributed by atoms with van der Waals surface area (Å²) in [5.74, 6) is -0.558. The zero-order chi connectivity index (χ0) is 17.8. The number of rotatable bonds is 5. The number of aromatic hydroxyl groups is 1. The van der Waals surface area contributed by atoms with Gasteiger partial charge in [-0.25, -0.2) is 4.79 Å². The van der Waals surface area contributed by atoms with Gasteiger partial charge in [0.05, 0.1) is 17.2 Å². The minimum atomic E-state index is -0.532. The van der Waals surface area contributed by atoms with Gasteiger partial charge in [0.1, 0.15) is 6.61 Å². The molecule has 3 aromatic carbocycles. The second-order valence-corrected chi connectivity index (χ2v) is 5.86. The second kappa shape index (κ2) is 7.45. The summed E-state index contributed by atoms with van der Waals surface area (Å²) in [6.07, 6.45) is 0. The molecule has 0 atom stereocenters. The van der Waals surface area contributed by atoms with Crippen LogP contribution in [0.3, 0.4) is 0 Å². The van der Waals surface area contributed by atoms with E-state index in [4.69, 9.17) is 21.1 Å². The lowest BCUT2D eigenvalue weighted by molar-refractivity contribution is 0.0474. The van der Waals surface area contributed by atoms with Crippen LogP contribution in [0, 0.1) is 0 Å². The van der Waals surface area contributed by atoms with Crippen LogP contribution < -0.4 is 4.74 Å². The van der Waals surface area contributed by atoms with E-state index in [1.807, 2.05) is 42.5 Å². The SMILES string of the molecule is CCOc1cc(C(=O)OCc2cccc3ccccc23)cc(Cl)c1O. The first-order valence-electron chi connectivity index (χ1n) is 7.89. The summed E-state index contributed by atoms with van der Waals surface area (Å²) >= 11 is 5.96. The second-order valence-electron chi connectivity index (χ2n) is 5.45. The Morgan fingerprint density at radius 2 is 1.88 bits per heavy atom. The lowest BCUT2D eigenvalue weighted by atomic mass is 10.1. The molecule has 0 bridgehead atoms. The first kappa shape index (κ1) is 17.1. The number of carbonyl (C=O) groups excluding carboxylic acids is 1. The molecule has 0 aliphatic heterocycles. The Balaban J connectivity index is 1.81. The van der Waals surface area contributed by atoms with Crippen molar-refractivity contribution in [3.63, 3.8) is 0 Å². The predicted molar refractivity (Wildman–Crippen MR) is 97.4 cm³/mol. The van der Waals surface area contributed by atoms with Crippen LogP contribution in [0.25, 0.3) is 10.8 Å². The number of halogens is 1. The van der Waals surface area contributed by atoms with Crippen molar-refractivity contribution in [2.24, 2.45) is 0 Å². The van der Waals surface area contributed by atoms with E-state index in [0.29, 0.717) is 6.61 Å². The van der Waals surface area contributed by atoms with Gasteiger partial charge in [-0.05, 0) is 35.4 Å². The molecule has 128 valence electrons. The van der Waals surface area contributed by atoms with Gasteiger partial charge in [-0.2, -0.15) is 0 Å². The van der Waals surface area contributed by atoms with E-state index in [-0.39, 0.29) is 28.7 Å². The number of esters is 1. The summed E-state index contributed by atoms with van der Waals surface area (Å²) < 4.78 is 10.7. The number of ether oxygens (including phenoxy) is 2. The lowest BCUT2D eigenvalue weighted by Crippen LogP contribution is -2.06. The number of phenolic OH excluding ortho intramolecular Hbond substituents is 1. The number of hydrogen-bond donors (Lipinski definition) is 1. The molecule has 0 saturated carbocycles. The standard InChI is InChI=1S/C20H17ClO4/c1-2-24-18-11-15(10-17(21)19(18)22)20(23)25-12-14-8-5-7-13-6-3-4-9-16(13)14/h3-11,22H,2,12H2,1H3. The molecule has 3 aromatic rings. The summed E-state index contributed by atoms with van der Waals surface area (Å²) in [5, 5.41) is 12.0. The maximum Gasteiger partial charge on any atom is 0.338 e. The molecule has 1 N–H and O–H groups in total. The smallest absolute Gasteiger partial charge is 0.338 e. The molecule has 0 heterocycles. The largest absolute Gasteiger partial charge is 0.503 e. The van der Waals surface area contributed by atoms with Crippen molar-refractivity contribution < 1.29 is 19.4 Å². The van der Waals surface area contributed by atoms with Crippen molar-refractivity contribution in [3.8, 4) is 11.5 Å². The van der Waals surface area contributed by atoms with Gasteiger partial charge in [-0.1, -0.05) is 54.1 Å². The zero-order valence-electron chi connectivity index (χ0n) is 13.7. The Labute approximate surface area is 150 Å². The molecule has 0 fully saturated rings. The number of hydrogen-bond acceptors (Lipinski definition) is 4. The Kier molecular flexibility index (Phi) is 5.10. The first-order valence-corrected chi connectivity index (χ1v) is 8.27. The minimum absolute atomic E-state index is 0.0445. The van der Waals surface area contributed by atoms with Crippen LogP contribution in [0.1, 0.15) is 22.8 Å². The molecule has 0 aliphatic carbocycles. The topological polar surface area (TPSA) is 55.8 Å². The van der Waals surface area contributed by atoms with Gasteiger partial charge >= 0.3 is 5.97 Å². The average Bonchev–Trinajstić information content (AvgIpc) is 2.63. The highest BCUT2D eigenvalue weighted by molar-refractivity contribution is 6.32. The zero-order valence-corrected chi connectivity index (χ0v) is 14.4. The molecule has 0 saturated heterocycles. The van der Waals surface area contributed by atoms with Crippen LogP contribution in [0.2, 0.25) is 5.02 Å². The molecule has 0 unspecified atom stereocenters. The monoisotopic (exact) mass is 356 g/mol. The van der Waals surface area contributed by atoms with Gasteiger partial charge in [0.15, 0.2) is 11.5 Å². The third kappa shape index (κ3) is 3.69. The van der Waals surface area contributed by atoms with Crippen molar-refractivity contribution in [1.29, 1.82) is 0 Å². The van der Waals surface area contributed by atoms with E-state index in [1.165, 1.54) is 12.1 Å². The third-order valence-corrected chi connectivity index (χ3v) is 4.09. The van der Waals surface area contributed by atoms with Crippen molar-refractivity contribution >= 4 is 28.3 Å². The van der Waals surface area contributed by atoms with E-state index in [0.717, 1.165) is 16.3 Å². The first-order chi connectivity index (χ1) is 12.1. The van der Waals surface area contributed by atoms with Gasteiger partial charge in [0.2, 0.25) is 0 Å². The van der Waals surface area contributed by atoms with E-state index >= 15 is 0 Å². The summed E-state index contributed by atoms with van der Waals surface area (Å²) in [4.78, 5) is 12.4. The summed E-state index contributed by atoms with van der Waals surface area (Å²) in [5.41, 5.74) is 1.15. The van der Waals surface area contributed by atoms with Crippen molar-refractivity contribution in [2.45, 2.75) is 13.5 Å². The van der Waals surface area contributed by atoms with Crippen LogP contribution >= 0.6 is 11.6 Å². The Bertz CT molecular complexity index is 915. The van der Waals surface area contributed by atoms with E-state index in [1.54, 1.807) is 6.92 Å². The molecule has 0 amide bonds. The van der Waals surface area contributed by atoms with Crippen LogP contribution in [0.15, 0.2) is 54.6 Å². The maximum absolute atomic E-state index is 12.4. The molecule has 4 nitrogen and oxygen atoms in total. The van der Waals surface area contributed by atoms with Crippen molar-refractivity contribution in [3.05, 3.63) is 70.7 Å². The fraction of sp³-hybridized carbons (Fsp3) is 0.150. The van der Waals surface area contributed by atoms with Crippen LogP contribution in [0.4, 0.5) is 0 Å². The Morgan fingerprint density at radius 1 is 1.12 bits per heavy atom. The lowest BCUT2D eigenvalue weighted by Gasteiger charge is -2.11. The fourth-order valence-electron chi connectivity index (χ4n) is 2.60. The average molecular weight is 357 g/mol. The Hall–Kier alpha value is -2.72. The molecule has 3 rings (SSSR count). The molecular formula is C20H17ClO4. The molecule has 0 radical (unpaired) electrons. The minimum Gasteiger partial charge on any atom is -0.503 e. The van der Waals surface area contributed by atoms with Crippen molar-refractivity contribution in [2.75, 3.05) is 6.61 Å². The maximum atomic E-state index is 12.4. The molecule has 0 spiro atoms. The van der Waals surface area contributed by atoms with E-state index in [9.17, 15) is 9.90 Å². The van der Waals surface area contributed by atoms with Crippen LogP contribution in [0.5, 0.6) is 11.5 Å². The molecule has 0 aliphatic rings. The summed E-state index contributed by atoms with van der Waals surface area (Å²) in [6, 6.07) is 16.6. The highest BCUT2D eigenvalue weighted by atomic mass is 35.5. The molecule has 0 aromatic heterocycles. The highest BCUT2D eigenvalue weighted by Crippen LogP contribution is 2.35. The number of fused-ring (bicyclic) bond motifs is 1. The molecule has 5 heteroatoms. The van der Waals surface area contributed by atoms with E-state index in [2.05, 4.69) is 0 Å². The third-order valence-electron chi connectivity index (χ3n) is 3.80. The van der Waals surface area contributed by atoms with Crippen molar-refractivity contribution in [1.82, 2.24) is 0 Å². The van der Waals surface area contributed by atoms with Gasteiger partial charge in [-0.15, -0.1) is 0 Å². The van der Waals surface area contributed by atoms with Gasteiger partial charge in [0, 0.05) is 0 Å². The number of phenols is 1. The van der Waals surface area contributed by atoms with Gasteiger partial charge in [-0.3, -0.25) is 0 Å². The Morgan fingerprint density at radius 3 is 2.68 bits per heavy atom. The number of carbonyl (C=O) groups is 1. The molecular weight excluding hydrogens is 340 g/mol. The van der Waals surface area contributed by atoms with E-state index < -0.39 is 5.97 Å². The van der Waals surface area contributed by atoms with Crippen LogP contribution in [-0.2, 0) is 11.3 Å². The van der Waals surface area contributed by atoms with Crippen LogP contribution in [-0.4, -0.2) is 17.7 Å². The highest BCUT2D eigenvalue weighted by Gasteiger charge is 2.16. The summed E-state index contributed by atoms with van der Waals surface area (Å²) in [6.45, 7) is 2.26. The van der Waals surface area contributed by atoms with Gasteiger partial charge in [0.25, 0.3) is 0 Å². The normalized spacial score (nSPS) is 10.6. The quantitative estimate of drug-likeness (QED) is 0.657.